The van der Waals surface area contributed by atoms with Gasteiger partial charge in [-0.2, -0.15) is 0 Å². The van der Waals surface area contributed by atoms with Gasteiger partial charge in [0.2, 0.25) is 0 Å². The Morgan fingerprint density at radius 1 is 2.00 bits per heavy atom. The highest BCUT2D eigenvalue weighted by Crippen LogP contribution is 1.86. The van der Waals surface area contributed by atoms with Crippen LogP contribution in [0, 0.1) is 0 Å². The molecule has 1 atom stereocenters. The zero-order valence-corrected chi connectivity index (χ0v) is 3.92. The standard InChI is InChI=1S/C3H6OS/c1-3(5)2-4/h3H,2H2,1H3. The first kappa shape index (κ1) is 5.31. The van der Waals surface area contributed by atoms with Gasteiger partial charge in [0, 0.05) is 5.25 Å². The maximum Gasteiger partial charge on any atom is 0.0946 e. The fraction of sp³-hybridized carbons (Fsp3) is 1.00. The molecule has 0 saturated heterocycles. The number of hydrogen-bond acceptors (Lipinski definition) is 0. The highest BCUT2D eigenvalue weighted by Gasteiger charge is 1.86. The Bertz CT molecular complexity index is 20.9. The van der Waals surface area contributed by atoms with Crippen molar-refractivity contribution in [3.63, 3.8) is 0 Å². The second-order valence-corrected chi connectivity index (χ2v) is 1.78. The third-order valence-corrected chi connectivity index (χ3v) is 0.371. The van der Waals surface area contributed by atoms with E-state index in [0.717, 1.165) is 0 Å². The van der Waals surface area contributed by atoms with Gasteiger partial charge in [-0.3, -0.25) is 0 Å². The van der Waals surface area contributed by atoms with Gasteiger partial charge in [0.15, 0.2) is 0 Å². The van der Waals surface area contributed by atoms with E-state index in [4.69, 9.17) is 0 Å². The summed E-state index contributed by atoms with van der Waals surface area (Å²) in [6, 6.07) is 0. The SMILES string of the molecule is CC([S])C[O]. The summed E-state index contributed by atoms with van der Waals surface area (Å²) in [5.74, 6) is 0. The summed E-state index contributed by atoms with van der Waals surface area (Å²) in [5.41, 5.74) is 0. The van der Waals surface area contributed by atoms with Crippen molar-refractivity contribution in [2.24, 2.45) is 0 Å². The van der Waals surface area contributed by atoms with Gasteiger partial charge in [0.05, 0.1) is 6.61 Å². The van der Waals surface area contributed by atoms with Crippen LogP contribution in [0.5, 0.6) is 0 Å². The Morgan fingerprint density at radius 2 is 2.20 bits per heavy atom. The average molecular weight is 90.1 g/mol. The molecule has 0 aliphatic carbocycles. The van der Waals surface area contributed by atoms with Crippen LogP contribution in [0.3, 0.4) is 0 Å². The van der Waals surface area contributed by atoms with Gasteiger partial charge in [-0.1, -0.05) is 19.6 Å². The van der Waals surface area contributed by atoms with Crippen LogP contribution in [0.25, 0.3) is 0 Å². The van der Waals surface area contributed by atoms with Gasteiger partial charge in [-0.05, 0) is 0 Å². The highest BCUT2D eigenvalue weighted by molar-refractivity contribution is 7.80. The van der Waals surface area contributed by atoms with E-state index in [-0.39, 0.29) is 11.9 Å². The summed E-state index contributed by atoms with van der Waals surface area (Å²) in [7, 11) is 0. The molecule has 0 aromatic heterocycles. The van der Waals surface area contributed by atoms with Crippen LogP contribution in [0.4, 0.5) is 0 Å². The summed E-state index contributed by atoms with van der Waals surface area (Å²) in [4.78, 5) is 0. The molecule has 0 spiro atoms. The van der Waals surface area contributed by atoms with E-state index in [9.17, 15) is 5.11 Å². The Morgan fingerprint density at radius 3 is 2.20 bits per heavy atom. The molecule has 0 aliphatic heterocycles. The van der Waals surface area contributed by atoms with E-state index >= 15 is 0 Å². The summed E-state index contributed by atoms with van der Waals surface area (Å²) in [6.07, 6.45) is 0. The molecular formula is C3H6OS. The minimum atomic E-state index is -0.130. The molecule has 0 aliphatic rings. The molecular weight excluding hydrogens is 84.1 g/mol. The monoisotopic (exact) mass is 90.0 g/mol. The Hall–Kier alpha value is 0.310. The molecule has 30 valence electrons. The smallest absolute Gasteiger partial charge is 0.0946 e. The van der Waals surface area contributed by atoms with Gasteiger partial charge >= 0.3 is 0 Å². The molecule has 1 unspecified atom stereocenters. The molecule has 0 saturated carbocycles. The first-order valence-corrected chi connectivity index (χ1v) is 1.98. The third kappa shape index (κ3) is 4.31. The molecule has 0 N–H and O–H groups in total. The maximum atomic E-state index is 9.53. The van der Waals surface area contributed by atoms with Crippen LogP contribution in [-0.2, 0) is 5.11 Å². The maximum absolute atomic E-state index is 9.53. The van der Waals surface area contributed by atoms with Crippen LogP contribution < -0.4 is 0 Å². The van der Waals surface area contributed by atoms with Crippen molar-refractivity contribution >= 4 is 12.6 Å². The van der Waals surface area contributed by atoms with Crippen LogP contribution in [0.15, 0.2) is 0 Å². The molecule has 0 rings (SSSR count). The highest BCUT2D eigenvalue weighted by atomic mass is 32.1. The summed E-state index contributed by atoms with van der Waals surface area (Å²) in [6.45, 7) is 1.59. The Balaban J connectivity index is 2.54. The largest absolute Gasteiger partial charge is 0.236 e. The lowest BCUT2D eigenvalue weighted by Gasteiger charge is -1.84. The van der Waals surface area contributed by atoms with E-state index < -0.39 is 0 Å². The Labute approximate surface area is 37.4 Å². The molecule has 0 amide bonds. The predicted molar refractivity (Wildman–Crippen MR) is 22.6 cm³/mol. The van der Waals surface area contributed by atoms with Crippen molar-refractivity contribution < 1.29 is 5.11 Å². The first-order valence-electron chi connectivity index (χ1n) is 1.51. The second kappa shape index (κ2) is 2.54. The van der Waals surface area contributed by atoms with E-state index in [1.807, 2.05) is 0 Å². The predicted octanol–water partition coefficient (Wildman–Crippen LogP) is 1.00. The molecule has 2 heteroatoms. The van der Waals surface area contributed by atoms with Crippen LogP contribution in [-0.4, -0.2) is 11.9 Å². The van der Waals surface area contributed by atoms with E-state index in [1.165, 1.54) is 0 Å². The van der Waals surface area contributed by atoms with Gasteiger partial charge < -0.3 is 0 Å². The first-order chi connectivity index (χ1) is 2.27. The molecule has 1 nitrogen and oxygen atoms in total. The van der Waals surface area contributed by atoms with Gasteiger partial charge in [0.25, 0.3) is 0 Å². The number of hydrogen-bond donors (Lipinski definition) is 0. The lowest BCUT2D eigenvalue weighted by Crippen LogP contribution is -1.93. The molecule has 5 heavy (non-hydrogen) atoms. The summed E-state index contributed by atoms with van der Waals surface area (Å²) >= 11 is 4.47. The van der Waals surface area contributed by atoms with E-state index in [0.29, 0.717) is 0 Å². The zero-order valence-electron chi connectivity index (χ0n) is 3.10. The lowest BCUT2D eigenvalue weighted by atomic mass is 10.5. The average Bonchev–Trinajstić information content (AvgIpc) is 1.38. The summed E-state index contributed by atoms with van der Waals surface area (Å²) < 4.78 is 0. The fourth-order valence-corrected chi connectivity index (χ4v) is 0. The molecule has 0 fully saturated rings. The topological polar surface area (TPSA) is 19.9 Å². The third-order valence-electron chi connectivity index (χ3n) is 0.235. The number of rotatable bonds is 1. The van der Waals surface area contributed by atoms with E-state index in [2.05, 4.69) is 12.6 Å². The van der Waals surface area contributed by atoms with Crippen molar-refractivity contribution in [3.8, 4) is 0 Å². The van der Waals surface area contributed by atoms with Crippen molar-refractivity contribution in [1.82, 2.24) is 0 Å². The van der Waals surface area contributed by atoms with Crippen molar-refractivity contribution in [2.75, 3.05) is 6.61 Å². The minimum absolute atomic E-state index is 0.0880. The molecule has 2 radical (unpaired) electrons. The van der Waals surface area contributed by atoms with Gasteiger partial charge in [-0.25, -0.2) is 5.11 Å². The second-order valence-electron chi connectivity index (χ2n) is 0.977. The van der Waals surface area contributed by atoms with Gasteiger partial charge in [-0.15, -0.1) is 0 Å². The zero-order chi connectivity index (χ0) is 4.28. The van der Waals surface area contributed by atoms with Crippen molar-refractivity contribution in [3.05, 3.63) is 0 Å². The fourth-order valence-electron chi connectivity index (χ4n) is 0. The summed E-state index contributed by atoms with van der Waals surface area (Å²) in [5, 5.41) is 9.44. The Kier molecular flexibility index (Phi) is 2.70. The van der Waals surface area contributed by atoms with Crippen molar-refractivity contribution in [2.45, 2.75) is 12.2 Å². The lowest BCUT2D eigenvalue weighted by molar-refractivity contribution is 0.198. The van der Waals surface area contributed by atoms with Crippen LogP contribution >= 0.6 is 12.6 Å². The van der Waals surface area contributed by atoms with Crippen LogP contribution in [0.2, 0.25) is 0 Å². The van der Waals surface area contributed by atoms with E-state index in [1.54, 1.807) is 6.92 Å². The van der Waals surface area contributed by atoms with Gasteiger partial charge in [0.1, 0.15) is 0 Å². The minimum Gasteiger partial charge on any atom is -0.236 e. The van der Waals surface area contributed by atoms with Crippen molar-refractivity contribution in [1.29, 1.82) is 0 Å². The normalized spacial score (nSPS) is 15.0. The molecule has 0 aromatic carbocycles. The molecule has 0 aromatic rings. The molecule has 0 heterocycles. The molecule has 0 bridgehead atoms. The quantitative estimate of drug-likeness (QED) is 0.458. The van der Waals surface area contributed by atoms with Crippen LogP contribution in [0.1, 0.15) is 6.92 Å².